The largest absolute Gasteiger partial charge is 0.456 e. The van der Waals surface area contributed by atoms with Crippen LogP contribution in [-0.4, -0.2) is 9.97 Å². The number of aromatic nitrogens is 2. The van der Waals surface area contributed by atoms with Gasteiger partial charge in [0.15, 0.2) is 5.82 Å². The second-order valence-corrected chi connectivity index (χ2v) is 15.2. The van der Waals surface area contributed by atoms with Crippen LogP contribution >= 0.6 is 0 Å². The van der Waals surface area contributed by atoms with Crippen LogP contribution in [0.4, 0.5) is 17.1 Å². The van der Waals surface area contributed by atoms with Crippen molar-refractivity contribution in [3.05, 3.63) is 218 Å². The van der Waals surface area contributed by atoms with E-state index in [1.807, 2.05) is 42.5 Å². The standard InChI is InChI=1S/C56H39N3O/c1-5-16-38(17-6-1)39-28-32-44(33-29-39)59(43-22-11-4-12-23-43)45-34-30-40(31-35-45)49-36-53-54(47-25-14-13-24-46(47)49)55-48(26-15-27-52(55)60-53)56-57-50(41-18-7-2-8-19-41)37-51(58-56)42-20-9-3-10-21-42/h1-5,7-16,18-37H,6,17H2. The van der Waals surface area contributed by atoms with E-state index in [1.165, 1.54) is 11.1 Å². The monoisotopic (exact) mass is 769 g/mol. The molecule has 284 valence electrons. The number of allylic oxidation sites excluding steroid dienone is 4. The van der Waals surface area contributed by atoms with E-state index in [4.69, 9.17) is 14.4 Å². The van der Waals surface area contributed by atoms with E-state index in [9.17, 15) is 0 Å². The number of benzene rings is 8. The molecule has 0 saturated heterocycles. The van der Waals surface area contributed by atoms with Gasteiger partial charge in [0, 0.05) is 44.5 Å². The van der Waals surface area contributed by atoms with Gasteiger partial charge in [-0.15, -0.1) is 0 Å². The molecule has 0 amide bonds. The summed E-state index contributed by atoms with van der Waals surface area (Å²) in [5.41, 5.74) is 14.6. The van der Waals surface area contributed by atoms with E-state index in [2.05, 4.69) is 175 Å². The number of para-hydroxylation sites is 1. The summed E-state index contributed by atoms with van der Waals surface area (Å²) in [6.07, 6.45) is 8.79. The van der Waals surface area contributed by atoms with Gasteiger partial charge in [0.2, 0.25) is 0 Å². The van der Waals surface area contributed by atoms with Gasteiger partial charge < -0.3 is 9.32 Å². The molecular weight excluding hydrogens is 731 g/mol. The minimum atomic E-state index is 0.660. The number of anilines is 3. The van der Waals surface area contributed by atoms with E-state index in [0.29, 0.717) is 5.82 Å². The molecule has 0 saturated carbocycles. The molecule has 0 atom stereocenters. The molecule has 1 aliphatic rings. The summed E-state index contributed by atoms with van der Waals surface area (Å²) in [6, 6.07) is 68.3. The number of nitrogens with zero attached hydrogens (tertiary/aromatic N) is 3. The summed E-state index contributed by atoms with van der Waals surface area (Å²) in [5.74, 6) is 0.660. The summed E-state index contributed by atoms with van der Waals surface area (Å²) in [6.45, 7) is 0. The highest BCUT2D eigenvalue weighted by Gasteiger charge is 2.21. The molecule has 10 aromatic rings. The molecule has 2 heterocycles. The summed E-state index contributed by atoms with van der Waals surface area (Å²) in [7, 11) is 0. The van der Waals surface area contributed by atoms with Gasteiger partial charge in [-0.2, -0.15) is 0 Å². The van der Waals surface area contributed by atoms with Crippen molar-refractivity contribution in [1.82, 2.24) is 9.97 Å². The van der Waals surface area contributed by atoms with Crippen LogP contribution < -0.4 is 4.90 Å². The van der Waals surface area contributed by atoms with Gasteiger partial charge in [-0.3, -0.25) is 0 Å². The second-order valence-electron chi connectivity index (χ2n) is 15.2. The number of hydrogen-bond donors (Lipinski definition) is 0. The molecule has 4 heteroatoms. The third kappa shape index (κ3) is 6.45. The Balaban J connectivity index is 1.03. The van der Waals surface area contributed by atoms with Crippen LogP contribution in [0.1, 0.15) is 18.4 Å². The highest BCUT2D eigenvalue weighted by atomic mass is 16.3. The molecule has 0 spiro atoms. The average molecular weight is 770 g/mol. The molecule has 60 heavy (non-hydrogen) atoms. The zero-order chi connectivity index (χ0) is 39.8. The fourth-order valence-corrected chi connectivity index (χ4v) is 8.67. The molecule has 1 aliphatic carbocycles. The van der Waals surface area contributed by atoms with E-state index in [0.717, 1.165) is 102 Å². The molecule has 0 radical (unpaired) electrons. The molecular formula is C56H39N3O. The number of furan rings is 1. The van der Waals surface area contributed by atoms with Gasteiger partial charge in [0.1, 0.15) is 11.2 Å². The van der Waals surface area contributed by atoms with Crippen molar-refractivity contribution in [2.75, 3.05) is 4.90 Å². The first-order valence-electron chi connectivity index (χ1n) is 20.5. The van der Waals surface area contributed by atoms with Crippen molar-refractivity contribution in [2.45, 2.75) is 12.8 Å². The van der Waals surface area contributed by atoms with Crippen molar-refractivity contribution < 1.29 is 4.42 Å². The van der Waals surface area contributed by atoms with E-state index in [1.54, 1.807) is 0 Å². The van der Waals surface area contributed by atoms with E-state index >= 15 is 0 Å². The second kappa shape index (κ2) is 15.2. The minimum Gasteiger partial charge on any atom is -0.456 e. The van der Waals surface area contributed by atoms with Crippen LogP contribution in [0.25, 0.3) is 83.3 Å². The number of fused-ring (bicyclic) bond motifs is 5. The number of rotatable bonds is 8. The van der Waals surface area contributed by atoms with Crippen LogP contribution in [0.2, 0.25) is 0 Å². The molecule has 2 aromatic heterocycles. The third-order valence-corrected chi connectivity index (χ3v) is 11.6. The maximum Gasteiger partial charge on any atom is 0.161 e. The Morgan fingerprint density at radius 2 is 1.02 bits per heavy atom. The van der Waals surface area contributed by atoms with Gasteiger partial charge in [-0.25, -0.2) is 9.97 Å². The normalized spacial score (nSPS) is 12.6. The Morgan fingerprint density at radius 3 is 1.65 bits per heavy atom. The van der Waals surface area contributed by atoms with Gasteiger partial charge in [0.05, 0.1) is 11.4 Å². The Morgan fingerprint density at radius 1 is 0.433 bits per heavy atom. The van der Waals surface area contributed by atoms with E-state index in [-0.39, 0.29) is 0 Å². The minimum absolute atomic E-state index is 0.660. The molecule has 0 N–H and O–H groups in total. The van der Waals surface area contributed by atoms with Gasteiger partial charge >= 0.3 is 0 Å². The lowest BCUT2D eigenvalue weighted by atomic mass is 9.93. The molecule has 8 aromatic carbocycles. The van der Waals surface area contributed by atoms with Crippen molar-refractivity contribution in [2.24, 2.45) is 0 Å². The summed E-state index contributed by atoms with van der Waals surface area (Å²) in [4.78, 5) is 12.7. The average Bonchev–Trinajstić information content (AvgIpc) is 3.72. The van der Waals surface area contributed by atoms with Crippen molar-refractivity contribution >= 4 is 55.3 Å². The van der Waals surface area contributed by atoms with Gasteiger partial charge in [-0.1, -0.05) is 158 Å². The van der Waals surface area contributed by atoms with Gasteiger partial charge in [-0.05, 0) is 100 Å². The topological polar surface area (TPSA) is 42.2 Å². The van der Waals surface area contributed by atoms with Crippen molar-refractivity contribution in [3.63, 3.8) is 0 Å². The molecule has 0 fully saturated rings. The highest BCUT2D eigenvalue weighted by molar-refractivity contribution is 6.25. The lowest BCUT2D eigenvalue weighted by Gasteiger charge is -2.26. The Kier molecular flexibility index (Phi) is 8.94. The van der Waals surface area contributed by atoms with E-state index < -0.39 is 0 Å². The predicted molar refractivity (Wildman–Crippen MR) is 250 cm³/mol. The zero-order valence-corrected chi connectivity index (χ0v) is 32.9. The summed E-state index contributed by atoms with van der Waals surface area (Å²) >= 11 is 0. The molecule has 0 unspecified atom stereocenters. The van der Waals surface area contributed by atoms with Crippen LogP contribution in [0.3, 0.4) is 0 Å². The van der Waals surface area contributed by atoms with Crippen LogP contribution in [-0.2, 0) is 0 Å². The lowest BCUT2D eigenvalue weighted by Crippen LogP contribution is -2.09. The molecule has 0 aliphatic heterocycles. The van der Waals surface area contributed by atoms with Crippen LogP contribution in [0.15, 0.2) is 217 Å². The SMILES string of the molecule is C1=CCCC(c2ccc(N(c3ccccc3)c3ccc(-c4cc5oc6cccc(-c7nc(-c8ccccc8)cc(-c8ccccc8)n7)c6c5c5ccccc45)cc3)cc2)=C1. The fourth-order valence-electron chi connectivity index (χ4n) is 8.67. The Hall–Kier alpha value is -7.82. The third-order valence-electron chi connectivity index (χ3n) is 11.6. The zero-order valence-electron chi connectivity index (χ0n) is 32.9. The summed E-state index contributed by atoms with van der Waals surface area (Å²) in [5, 5.41) is 4.35. The van der Waals surface area contributed by atoms with Crippen LogP contribution in [0, 0.1) is 0 Å². The highest BCUT2D eigenvalue weighted by Crippen LogP contribution is 2.44. The first-order chi connectivity index (χ1) is 29.7. The predicted octanol–water partition coefficient (Wildman–Crippen LogP) is 15.4. The van der Waals surface area contributed by atoms with Crippen molar-refractivity contribution in [3.8, 4) is 45.0 Å². The number of hydrogen-bond acceptors (Lipinski definition) is 4. The molecule has 11 rings (SSSR count). The lowest BCUT2D eigenvalue weighted by molar-refractivity contribution is 0.669. The van der Waals surface area contributed by atoms with Crippen LogP contribution in [0.5, 0.6) is 0 Å². The maximum atomic E-state index is 6.77. The first-order valence-corrected chi connectivity index (χ1v) is 20.5. The van der Waals surface area contributed by atoms with Gasteiger partial charge in [0.25, 0.3) is 0 Å². The van der Waals surface area contributed by atoms with Crippen molar-refractivity contribution in [1.29, 1.82) is 0 Å². The quantitative estimate of drug-likeness (QED) is 0.154. The smallest absolute Gasteiger partial charge is 0.161 e. The Bertz CT molecular complexity index is 3160. The fraction of sp³-hybridized carbons (Fsp3) is 0.0357. The summed E-state index contributed by atoms with van der Waals surface area (Å²) < 4.78 is 6.77. The molecule has 0 bridgehead atoms. The Labute approximate surface area is 349 Å². The first kappa shape index (κ1) is 35.4. The maximum absolute atomic E-state index is 6.77. The molecule has 4 nitrogen and oxygen atoms in total.